The van der Waals surface area contributed by atoms with E-state index in [9.17, 15) is 4.79 Å². The molecule has 6 heteroatoms. The number of rotatable bonds is 4. The summed E-state index contributed by atoms with van der Waals surface area (Å²) in [6.07, 6.45) is 3.87. The predicted molar refractivity (Wildman–Crippen MR) is 86.7 cm³/mol. The average Bonchev–Trinajstić information content (AvgIpc) is 3.15. The second kappa shape index (κ2) is 6.50. The van der Waals surface area contributed by atoms with Crippen molar-refractivity contribution in [1.82, 2.24) is 20.4 Å². The second-order valence-corrected chi connectivity index (χ2v) is 5.92. The second-order valence-electron chi connectivity index (χ2n) is 5.51. The van der Waals surface area contributed by atoms with Gasteiger partial charge in [0, 0.05) is 12.6 Å². The molecule has 3 rings (SSSR count). The number of amides is 1. The summed E-state index contributed by atoms with van der Waals surface area (Å²) in [6.45, 7) is 3.55. The zero-order valence-electron chi connectivity index (χ0n) is 12.5. The Labute approximate surface area is 134 Å². The van der Waals surface area contributed by atoms with Crippen molar-refractivity contribution < 1.29 is 4.79 Å². The molecule has 1 aliphatic heterocycles. The molecule has 2 heterocycles. The molecule has 5 nitrogen and oxygen atoms in total. The van der Waals surface area contributed by atoms with Gasteiger partial charge in [-0.05, 0) is 38.4 Å². The van der Waals surface area contributed by atoms with E-state index in [-0.39, 0.29) is 5.91 Å². The van der Waals surface area contributed by atoms with E-state index in [1.54, 1.807) is 10.9 Å². The molecule has 1 aliphatic rings. The van der Waals surface area contributed by atoms with Gasteiger partial charge in [-0.25, -0.2) is 4.68 Å². The lowest BCUT2D eigenvalue weighted by molar-refractivity contribution is 0.0949. The van der Waals surface area contributed by atoms with Crippen LogP contribution in [-0.2, 0) is 0 Å². The Morgan fingerprint density at radius 2 is 2.32 bits per heavy atom. The maximum absolute atomic E-state index is 12.3. The van der Waals surface area contributed by atoms with Gasteiger partial charge in [0.25, 0.3) is 5.91 Å². The maximum atomic E-state index is 12.3. The molecule has 0 bridgehead atoms. The van der Waals surface area contributed by atoms with Gasteiger partial charge in [0.1, 0.15) is 0 Å². The Morgan fingerprint density at radius 3 is 3.05 bits per heavy atom. The molecule has 1 aromatic carbocycles. The van der Waals surface area contributed by atoms with Gasteiger partial charge in [-0.3, -0.25) is 4.79 Å². The smallest absolute Gasteiger partial charge is 0.254 e. The molecular formula is C16H19ClN4O. The van der Waals surface area contributed by atoms with Crippen molar-refractivity contribution in [3.05, 3.63) is 46.7 Å². The molecule has 0 spiro atoms. The summed E-state index contributed by atoms with van der Waals surface area (Å²) in [4.78, 5) is 12.3. The van der Waals surface area contributed by atoms with Crippen molar-refractivity contribution in [3.63, 3.8) is 0 Å². The molecule has 1 atom stereocenters. The highest BCUT2D eigenvalue weighted by Gasteiger charge is 2.19. The summed E-state index contributed by atoms with van der Waals surface area (Å²) in [7, 11) is 0. The first-order chi connectivity index (χ1) is 10.7. The van der Waals surface area contributed by atoms with Crippen LogP contribution in [0.5, 0.6) is 0 Å². The van der Waals surface area contributed by atoms with Crippen LogP contribution in [0, 0.1) is 6.92 Å². The number of aromatic nitrogens is 2. The van der Waals surface area contributed by atoms with Crippen LogP contribution in [0.15, 0.2) is 30.5 Å². The largest absolute Gasteiger partial charge is 0.350 e. The van der Waals surface area contributed by atoms with E-state index in [0.717, 1.165) is 24.3 Å². The molecule has 116 valence electrons. The summed E-state index contributed by atoms with van der Waals surface area (Å²) in [5.41, 5.74) is 2.14. The zero-order chi connectivity index (χ0) is 15.5. The van der Waals surface area contributed by atoms with Crippen molar-refractivity contribution in [2.45, 2.75) is 25.8 Å². The molecule has 2 N–H and O–H groups in total. The van der Waals surface area contributed by atoms with E-state index in [4.69, 9.17) is 11.6 Å². The highest BCUT2D eigenvalue weighted by atomic mass is 35.5. The fraction of sp³-hybridized carbons (Fsp3) is 0.375. The SMILES string of the molecule is Cc1c(C(=O)NCC2CCCN2)cnn1-c1ccccc1Cl. The Kier molecular flexibility index (Phi) is 4.45. The van der Waals surface area contributed by atoms with Crippen molar-refractivity contribution in [2.75, 3.05) is 13.1 Å². The van der Waals surface area contributed by atoms with Crippen molar-refractivity contribution in [1.29, 1.82) is 0 Å². The van der Waals surface area contributed by atoms with Crippen LogP contribution >= 0.6 is 11.6 Å². The van der Waals surface area contributed by atoms with E-state index in [0.29, 0.717) is 23.2 Å². The van der Waals surface area contributed by atoms with E-state index in [1.807, 2.05) is 31.2 Å². The Balaban J connectivity index is 1.75. The van der Waals surface area contributed by atoms with Gasteiger partial charge in [0.2, 0.25) is 0 Å². The summed E-state index contributed by atoms with van der Waals surface area (Å²) in [5.74, 6) is -0.0931. The highest BCUT2D eigenvalue weighted by Crippen LogP contribution is 2.22. The van der Waals surface area contributed by atoms with Crippen LogP contribution in [0.3, 0.4) is 0 Å². The molecule has 1 aromatic heterocycles. The quantitative estimate of drug-likeness (QED) is 0.909. The number of hydrogen-bond donors (Lipinski definition) is 2. The lowest BCUT2D eigenvalue weighted by Crippen LogP contribution is -2.37. The molecule has 22 heavy (non-hydrogen) atoms. The Hall–Kier alpha value is -1.85. The van der Waals surface area contributed by atoms with Crippen LogP contribution in [0.1, 0.15) is 28.9 Å². The van der Waals surface area contributed by atoms with Gasteiger partial charge in [-0.15, -0.1) is 0 Å². The topological polar surface area (TPSA) is 59.0 Å². The van der Waals surface area contributed by atoms with Gasteiger partial charge in [-0.1, -0.05) is 23.7 Å². The molecule has 0 saturated carbocycles. The Morgan fingerprint density at radius 1 is 1.50 bits per heavy atom. The zero-order valence-corrected chi connectivity index (χ0v) is 13.2. The molecular weight excluding hydrogens is 300 g/mol. The number of halogens is 1. The molecule has 0 radical (unpaired) electrons. The van der Waals surface area contributed by atoms with Gasteiger partial charge < -0.3 is 10.6 Å². The fourth-order valence-corrected chi connectivity index (χ4v) is 2.96. The molecule has 0 aliphatic carbocycles. The highest BCUT2D eigenvalue weighted by molar-refractivity contribution is 6.32. The van der Waals surface area contributed by atoms with Crippen LogP contribution in [0.25, 0.3) is 5.69 Å². The van der Waals surface area contributed by atoms with Gasteiger partial charge >= 0.3 is 0 Å². The van der Waals surface area contributed by atoms with Gasteiger partial charge in [0.15, 0.2) is 0 Å². The van der Waals surface area contributed by atoms with E-state index >= 15 is 0 Å². The van der Waals surface area contributed by atoms with E-state index in [2.05, 4.69) is 15.7 Å². The number of carbonyl (C=O) groups excluding carboxylic acids is 1. The minimum Gasteiger partial charge on any atom is -0.350 e. The molecule has 1 fully saturated rings. The average molecular weight is 319 g/mol. The molecule has 2 aromatic rings. The summed E-state index contributed by atoms with van der Waals surface area (Å²) in [5, 5.41) is 11.2. The first-order valence-corrected chi connectivity index (χ1v) is 7.85. The van der Waals surface area contributed by atoms with Crippen LogP contribution < -0.4 is 10.6 Å². The first kappa shape index (κ1) is 15.1. The molecule has 1 unspecified atom stereocenters. The number of benzene rings is 1. The number of carbonyl (C=O) groups is 1. The number of nitrogens with zero attached hydrogens (tertiary/aromatic N) is 2. The van der Waals surface area contributed by atoms with E-state index < -0.39 is 0 Å². The van der Waals surface area contributed by atoms with Crippen molar-refractivity contribution in [2.24, 2.45) is 0 Å². The minimum atomic E-state index is -0.0931. The van der Waals surface area contributed by atoms with Crippen molar-refractivity contribution >= 4 is 17.5 Å². The van der Waals surface area contributed by atoms with Crippen LogP contribution in [0.2, 0.25) is 5.02 Å². The minimum absolute atomic E-state index is 0.0931. The van der Waals surface area contributed by atoms with Crippen molar-refractivity contribution in [3.8, 4) is 5.69 Å². The summed E-state index contributed by atoms with van der Waals surface area (Å²) in [6, 6.07) is 7.83. The van der Waals surface area contributed by atoms with Crippen LogP contribution in [0.4, 0.5) is 0 Å². The third kappa shape index (κ3) is 3.00. The standard InChI is InChI=1S/C16H19ClN4O/c1-11-13(16(22)19-9-12-5-4-8-18-12)10-20-21(11)15-7-3-2-6-14(15)17/h2-3,6-7,10,12,18H,4-5,8-9H2,1H3,(H,19,22). The fourth-order valence-electron chi connectivity index (χ4n) is 2.74. The third-order valence-electron chi connectivity index (χ3n) is 4.01. The maximum Gasteiger partial charge on any atom is 0.254 e. The summed E-state index contributed by atoms with van der Waals surface area (Å²) < 4.78 is 1.70. The Bertz CT molecular complexity index is 677. The molecule has 1 saturated heterocycles. The lowest BCUT2D eigenvalue weighted by atomic mass is 10.2. The normalized spacial score (nSPS) is 17.6. The number of hydrogen-bond acceptors (Lipinski definition) is 3. The number of para-hydroxylation sites is 1. The lowest BCUT2D eigenvalue weighted by Gasteiger charge is -2.11. The third-order valence-corrected chi connectivity index (χ3v) is 4.33. The van der Waals surface area contributed by atoms with E-state index in [1.165, 1.54) is 6.42 Å². The van der Waals surface area contributed by atoms with Crippen LogP contribution in [-0.4, -0.2) is 34.8 Å². The monoisotopic (exact) mass is 318 g/mol. The van der Waals surface area contributed by atoms with Gasteiger partial charge in [-0.2, -0.15) is 5.10 Å². The predicted octanol–water partition coefficient (Wildman–Crippen LogP) is 2.32. The number of nitrogens with one attached hydrogen (secondary N) is 2. The first-order valence-electron chi connectivity index (χ1n) is 7.48. The van der Waals surface area contributed by atoms with Gasteiger partial charge in [0.05, 0.1) is 28.2 Å². The molecule has 1 amide bonds. The summed E-state index contributed by atoms with van der Waals surface area (Å²) >= 11 is 6.20.